The van der Waals surface area contributed by atoms with Crippen molar-refractivity contribution < 1.29 is 0 Å². The summed E-state index contributed by atoms with van der Waals surface area (Å²) in [4.78, 5) is 17.6. The Kier molecular flexibility index (Phi) is 5.19. The quantitative estimate of drug-likeness (QED) is 0.394. The zero-order valence-corrected chi connectivity index (χ0v) is 19.0. The molecule has 2 N–H and O–H groups in total. The Morgan fingerprint density at radius 1 is 1.03 bits per heavy atom. The van der Waals surface area contributed by atoms with Gasteiger partial charge in [0.2, 0.25) is 0 Å². The molecule has 0 aliphatic heterocycles. The van der Waals surface area contributed by atoms with Gasteiger partial charge in [-0.3, -0.25) is 14.9 Å². The molecule has 0 bridgehead atoms. The van der Waals surface area contributed by atoms with E-state index in [0.717, 1.165) is 44.7 Å². The van der Waals surface area contributed by atoms with Gasteiger partial charge in [-0.25, -0.2) is 0 Å². The van der Waals surface area contributed by atoms with Gasteiger partial charge < -0.3 is 9.88 Å². The third-order valence-electron chi connectivity index (χ3n) is 5.93. The minimum absolute atomic E-state index is 0.0576. The molecule has 0 atom stereocenters. The number of anilines is 2. The lowest BCUT2D eigenvalue weighted by Crippen LogP contribution is -2.19. The Balaban J connectivity index is 1.51. The van der Waals surface area contributed by atoms with Gasteiger partial charge in [-0.2, -0.15) is 10.4 Å². The minimum atomic E-state index is -0.0576. The second kappa shape index (κ2) is 8.34. The van der Waals surface area contributed by atoms with Crippen LogP contribution in [0.25, 0.3) is 33.3 Å². The van der Waals surface area contributed by atoms with E-state index in [2.05, 4.69) is 26.6 Å². The molecule has 0 saturated heterocycles. The summed E-state index contributed by atoms with van der Waals surface area (Å²) in [6.07, 6.45) is 1.80. The predicted molar refractivity (Wildman–Crippen MR) is 134 cm³/mol. The summed E-state index contributed by atoms with van der Waals surface area (Å²) in [6, 6.07) is 21.1. The number of fused-ring (bicyclic) bond motifs is 1. The second-order valence-corrected chi connectivity index (χ2v) is 8.32. The monoisotopic (exact) mass is 446 g/mol. The normalized spacial score (nSPS) is 10.9. The molecular formula is C27H22N6O. The topological polar surface area (TPSA) is 99.4 Å². The molecule has 0 fully saturated rings. The van der Waals surface area contributed by atoms with Crippen molar-refractivity contribution in [1.29, 1.82) is 5.26 Å². The third kappa shape index (κ3) is 3.82. The van der Waals surface area contributed by atoms with Crippen molar-refractivity contribution in [3.8, 4) is 28.5 Å². The number of aromatic nitrogens is 4. The first kappa shape index (κ1) is 21.2. The fourth-order valence-electron chi connectivity index (χ4n) is 4.09. The molecule has 0 aliphatic rings. The highest BCUT2D eigenvalue weighted by Gasteiger charge is 2.13. The third-order valence-corrected chi connectivity index (χ3v) is 5.93. The van der Waals surface area contributed by atoms with Crippen molar-refractivity contribution >= 4 is 22.4 Å². The molecule has 0 aliphatic carbocycles. The summed E-state index contributed by atoms with van der Waals surface area (Å²) >= 11 is 0. The largest absolute Gasteiger partial charge is 0.339 e. The van der Waals surface area contributed by atoms with Crippen molar-refractivity contribution in [2.75, 3.05) is 5.32 Å². The van der Waals surface area contributed by atoms with Gasteiger partial charge in [-0.1, -0.05) is 18.2 Å². The lowest BCUT2D eigenvalue weighted by atomic mass is 9.99. The van der Waals surface area contributed by atoms with E-state index in [-0.39, 0.29) is 5.56 Å². The number of nitrogens with zero attached hydrogens (tertiary/aromatic N) is 4. The van der Waals surface area contributed by atoms with Gasteiger partial charge in [-0.05, 0) is 61.4 Å². The van der Waals surface area contributed by atoms with Gasteiger partial charge in [0.25, 0.3) is 5.56 Å². The average Bonchev–Trinajstić information content (AvgIpc) is 3.31. The number of H-pyrrole nitrogens is 1. The Hall–Kier alpha value is -4.70. The summed E-state index contributed by atoms with van der Waals surface area (Å²) in [7, 11) is 1.79. The number of hydrogen-bond donors (Lipinski definition) is 2. The van der Waals surface area contributed by atoms with Crippen molar-refractivity contribution in [1.82, 2.24) is 19.7 Å². The Morgan fingerprint density at radius 3 is 2.71 bits per heavy atom. The number of aryl methyl sites for hydroxylation is 3. The summed E-state index contributed by atoms with van der Waals surface area (Å²) in [5.41, 5.74) is 7.24. The summed E-state index contributed by atoms with van der Waals surface area (Å²) < 4.78 is 1.67. The van der Waals surface area contributed by atoms with E-state index in [0.29, 0.717) is 16.9 Å². The maximum atomic E-state index is 13.2. The number of aromatic amines is 1. The number of nitriles is 1. The van der Waals surface area contributed by atoms with Gasteiger partial charge in [0.05, 0.1) is 22.8 Å². The number of hydrogen-bond acceptors (Lipinski definition) is 5. The van der Waals surface area contributed by atoms with Gasteiger partial charge >= 0.3 is 0 Å². The first-order valence-electron chi connectivity index (χ1n) is 10.8. The standard InChI is InChI=1S/C27H22N6O/c1-16-7-8-21(30-26-13-24(31-32-26)19-6-4-5-18(10-19)14-28)12-22(16)23-11-20-15-29-17(2)9-25(20)33(3)27(23)34/h4-13,15H,1-3H3,(H2,30,31,32). The van der Waals surface area contributed by atoms with Crippen molar-refractivity contribution in [2.45, 2.75) is 13.8 Å². The van der Waals surface area contributed by atoms with Crippen LogP contribution in [0.1, 0.15) is 16.8 Å². The molecule has 3 heterocycles. The number of nitrogens with one attached hydrogen (secondary N) is 2. The summed E-state index contributed by atoms with van der Waals surface area (Å²) in [5, 5.41) is 20.7. The van der Waals surface area contributed by atoms with E-state index in [9.17, 15) is 4.79 Å². The van der Waals surface area contributed by atoms with Gasteiger partial charge in [0, 0.05) is 47.2 Å². The first-order valence-corrected chi connectivity index (χ1v) is 10.8. The molecule has 34 heavy (non-hydrogen) atoms. The number of pyridine rings is 2. The maximum Gasteiger partial charge on any atom is 0.258 e. The van der Waals surface area contributed by atoms with Crippen LogP contribution in [0.5, 0.6) is 0 Å². The molecule has 0 unspecified atom stereocenters. The Morgan fingerprint density at radius 2 is 1.88 bits per heavy atom. The molecule has 3 aromatic heterocycles. The smallest absolute Gasteiger partial charge is 0.258 e. The fraction of sp³-hybridized carbons (Fsp3) is 0.111. The van der Waals surface area contributed by atoms with Crippen molar-refractivity contribution in [3.05, 3.63) is 94.0 Å². The van der Waals surface area contributed by atoms with E-state index < -0.39 is 0 Å². The zero-order valence-electron chi connectivity index (χ0n) is 19.0. The molecule has 2 aromatic carbocycles. The number of benzene rings is 2. The first-order chi connectivity index (χ1) is 16.4. The van der Waals surface area contributed by atoms with Crippen LogP contribution in [0.2, 0.25) is 0 Å². The van der Waals surface area contributed by atoms with Gasteiger partial charge in [0.1, 0.15) is 0 Å². The second-order valence-electron chi connectivity index (χ2n) is 8.32. The highest BCUT2D eigenvalue weighted by atomic mass is 16.1. The highest BCUT2D eigenvalue weighted by molar-refractivity contribution is 5.85. The van der Waals surface area contributed by atoms with Crippen LogP contribution in [-0.2, 0) is 7.05 Å². The highest BCUT2D eigenvalue weighted by Crippen LogP contribution is 2.29. The average molecular weight is 447 g/mol. The van der Waals surface area contributed by atoms with E-state index in [1.54, 1.807) is 23.9 Å². The van der Waals surface area contributed by atoms with Crippen LogP contribution < -0.4 is 10.9 Å². The molecule has 5 rings (SSSR count). The van der Waals surface area contributed by atoms with Gasteiger partial charge in [-0.15, -0.1) is 0 Å². The van der Waals surface area contributed by atoms with Crippen molar-refractivity contribution in [2.24, 2.45) is 7.05 Å². The van der Waals surface area contributed by atoms with Crippen LogP contribution in [0.15, 0.2) is 71.7 Å². The minimum Gasteiger partial charge on any atom is -0.339 e. The molecule has 0 spiro atoms. The molecule has 0 saturated carbocycles. The predicted octanol–water partition coefficient (Wildman–Crippen LogP) is 5.22. The van der Waals surface area contributed by atoms with E-state index in [1.807, 2.05) is 68.4 Å². The summed E-state index contributed by atoms with van der Waals surface area (Å²) in [6.45, 7) is 3.91. The SMILES string of the molecule is Cc1cc2c(cn1)cc(-c1cc(Nc3cc(-c4cccc(C#N)c4)[nH]n3)ccc1C)c(=O)n2C. The Bertz CT molecular complexity index is 1650. The molecular weight excluding hydrogens is 424 g/mol. The fourth-order valence-corrected chi connectivity index (χ4v) is 4.09. The van der Waals surface area contributed by atoms with Crippen LogP contribution in [0.4, 0.5) is 11.5 Å². The number of rotatable bonds is 4. The lowest BCUT2D eigenvalue weighted by molar-refractivity contribution is 0.905. The molecule has 0 amide bonds. The van der Waals surface area contributed by atoms with Crippen LogP contribution in [-0.4, -0.2) is 19.7 Å². The molecule has 0 radical (unpaired) electrons. The van der Waals surface area contributed by atoms with Crippen LogP contribution in [0.3, 0.4) is 0 Å². The van der Waals surface area contributed by atoms with E-state index >= 15 is 0 Å². The van der Waals surface area contributed by atoms with E-state index in [4.69, 9.17) is 5.26 Å². The summed E-state index contributed by atoms with van der Waals surface area (Å²) in [5.74, 6) is 0.637. The molecule has 7 nitrogen and oxygen atoms in total. The van der Waals surface area contributed by atoms with Gasteiger partial charge in [0.15, 0.2) is 5.82 Å². The van der Waals surface area contributed by atoms with E-state index in [1.165, 1.54) is 0 Å². The molecule has 5 aromatic rings. The van der Waals surface area contributed by atoms with Crippen LogP contribution in [0, 0.1) is 25.2 Å². The maximum absolute atomic E-state index is 13.2. The van der Waals surface area contributed by atoms with Crippen molar-refractivity contribution in [3.63, 3.8) is 0 Å². The Labute approximate surface area is 196 Å². The molecule has 166 valence electrons. The molecule has 7 heteroatoms. The zero-order chi connectivity index (χ0) is 23.8. The van der Waals surface area contributed by atoms with Crippen LogP contribution >= 0.6 is 0 Å². The lowest BCUT2D eigenvalue weighted by Gasteiger charge is -2.13.